The lowest BCUT2D eigenvalue weighted by Gasteiger charge is -2.35. The number of tetrazole rings is 1. The summed E-state index contributed by atoms with van der Waals surface area (Å²) in [4.78, 5) is 3.95. The van der Waals surface area contributed by atoms with Crippen LogP contribution in [0.15, 0.2) is 35.7 Å². The van der Waals surface area contributed by atoms with Gasteiger partial charge >= 0.3 is 0 Å². The Balaban J connectivity index is 1.83. The highest BCUT2D eigenvalue weighted by molar-refractivity contribution is 7.10. The Bertz CT molecular complexity index is 926. The van der Waals surface area contributed by atoms with E-state index in [0.29, 0.717) is 0 Å². The van der Waals surface area contributed by atoms with E-state index in [1.807, 2.05) is 28.2 Å². The molecule has 0 N–H and O–H groups in total. The molecule has 0 amide bonds. The summed E-state index contributed by atoms with van der Waals surface area (Å²) < 4.78 is 7.63. The number of nitrogens with zero attached hydrogens (tertiary/aromatic N) is 5. The molecule has 0 saturated carbocycles. The minimum Gasteiger partial charge on any atom is -0.496 e. The Morgan fingerprint density at radius 1 is 1.19 bits per heavy atom. The van der Waals surface area contributed by atoms with E-state index in [4.69, 9.17) is 4.74 Å². The second kappa shape index (κ2) is 7.05. The number of benzene rings is 1. The van der Waals surface area contributed by atoms with Crippen molar-refractivity contribution in [2.24, 2.45) is 0 Å². The fourth-order valence-corrected chi connectivity index (χ4v) is 4.61. The molecule has 2 aromatic heterocycles. The first-order chi connectivity index (χ1) is 13.0. The van der Waals surface area contributed by atoms with E-state index >= 15 is 0 Å². The molecule has 0 aliphatic carbocycles. The lowest BCUT2D eigenvalue weighted by atomic mass is 9.98. The molecule has 4 rings (SSSR count). The number of ether oxygens (including phenoxy) is 1. The fourth-order valence-electron chi connectivity index (χ4n) is 3.72. The van der Waals surface area contributed by atoms with Gasteiger partial charge in [-0.25, -0.2) is 4.68 Å². The zero-order valence-corrected chi connectivity index (χ0v) is 17.0. The number of fused-ring (bicyclic) bond motifs is 1. The van der Waals surface area contributed by atoms with Gasteiger partial charge in [0.15, 0.2) is 5.82 Å². The molecule has 1 atom stereocenters. The summed E-state index contributed by atoms with van der Waals surface area (Å²) in [6.45, 7) is 8.23. The topological polar surface area (TPSA) is 56.1 Å². The van der Waals surface area contributed by atoms with Crippen molar-refractivity contribution in [3.05, 3.63) is 57.5 Å². The largest absolute Gasteiger partial charge is 0.496 e. The third-order valence-corrected chi connectivity index (χ3v) is 6.03. The van der Waals surface area contributed by atoms with Crippen LogP contribution >= 0.6 is 11.3 Å². The van der Waals surface area contributed by atoms with Crippen molar-refractivity contribution in [2.75, 3.05) is 13.7 Å². The molecule has 0 saturated heterocycles. The average Bonchev–Trinajstić information content (AvgIpc) is 3.31. The summed E-state index contributed by atoms with van der Waals surface area (Å²) in [7, 11) is 1.72. The summed E-state index contributed by atoms with van der Waals surface area (Å²) in [5, 5.41) is 15.0. The highest BCUT2D eigenvalue weighted by atomic mass is 32.1. The van der Waals surface area contributed by atoms with E-state index in [-0.39, 0.29) is 11.6 Å². The standard InChI is InChI=1S/C20H25N5OS/c1-20(2,3)25-19(21-22-23-25)18(15-7-5-6-8-16(15)26-4)24-11-9-17-14(13-24)10-12-27-17/h5-8,10,12,18H,9,11,13H2,1-4H3. The molecule has 6 nitrogen and oxygen atoms in total. The van der Waals surface area contributed by atoms with Crippen LogP contribution in [0.4, 0.5) is 0 Å². The van der Waals surface area contributed by atoms with E-state index in [9.17, 15) is 0 Å². The Hall–Kier alpha value is -2.25. The van der Waals surface area contributed by atoms with Crippen molar-refractivity contribution in [1.82, 2.24) is 25.1 Å². The minimum absolute atomic E-state index is 0.0663. The van der Waals surface area contributed by atoms with E-state index in [1.54, 1.807) is 7.11 Å². The van der Waals surface area contributed by atoms with Crippen LogP contribution in [-0.4, -0.2) is 38.8 Å². The zero-order valence-electron chi connectivity index (χ0n) is 16.2. The Morgan fingerprint density at radius 2 is 2.00 bits per heavy atom. The molecule has 7 heteroatoms. The molecule has 1 aliphatic heterocycles. The van der Waals surface area contributed by atoms with Gasteiger partial charge in [-0.15, -0.1) is 16.4 Å². The van der Waals surface area contributed by atoms with E-state index in [1.165, 1.54) is 10.4 Å². The molecule has 3 aromatic rings. The van der Waals surface area contributed by atoms with Crippen molar-refractivity contribution in [2.45, 2.75) is 45.3 Å². The molecule has 0 spiro atoms. The maximum Gasteiger partial charge on any atom is 0.173 e. The third kappa shape index (κ3) is 3.37. The van der Waals surface area contributed by atoms with Crippen molar-refractivity contribution in [1.29, 1.82) is 0 Å². The first-order valence-electron chi connectivity index (χ1n) is 9.20. The highest BCUT2D eigenvalue weighted by Gasteiger charge is 2.34. The first kappa shape index (κ1) is 18.1. The normalized spacial score (nSPS) is 16.1. The predicted octanol–water partition coefficient (Wildman–Crippen LogP) is 3.65. The summed E-state index contributed by atoms with van der Waals surface area (Å²) in [5.41, 5.74) is 2.29. The molecule has 142 valence electrons. The lowest BCUT2D eigenvalue weighted by Crippen LogP contribution is -2.38. The second-order valence-electron chi connectivity index (χ2n) is 7.85. The molecule has 27 heavy (non-hydrogen) atoms. The van der Waals surface area contributed by atoms with Crippen LogP contribution in [0.1, 0.15) is 48.6 Å². The van der Waals surface area contributed by atoms with Crippen LogP contribution in [0.3, 0.4) is 0 Å². The molecular formula is C20H25N5OS. The van der Waals surface area contributed by atoms with E-state index in [2.05, 4.69) is 64.8 Å². The third-order valence-electron chi connectivity index (χ3n) is 5.01. The lowest BCUT2D eigenvalue weighted by molar-refractivity contribution is 0.184. The number of rotatable bonds is 4. The molecule has 0 bridgehead atoms. The van der Waals surface area contributed by atoms with Crippen molar-refractivity contribution in [3.8, 4) is 5.75 Å². The number of aromatic nitrogens is 4. The number of hydrogen-bond acceptors (Lipinski definition) is 6. The van der Waals surface area contributed by atoms with Gasteiger partial charge in [0.05, 0.1) is 12.6 Å². The van der Waals surface area contributed by atoms with Crippen molar-refractivity contribution >= 4 is 11.3 Å². The molecule has 1 unspecified atom stereocenters. The van der Waals surface area contributed by atoms with Gasteiger partial charge in [0.25, 0.3) is 0 Å². The van der Waals surface area contributed by atoms with Crippen molar-refractivity contribution < 1.29 is 4.74 Å². The Kier molecular flexibility index (Phi) is 4.74. The van der Waals surface area contributed by atoms with Gasteiger partial charge in [-0.2, -0.15) is 0 Å². The van der Waals surface area contributed by atoms with Crippen LogP contribution in [0.25, 0.3) is 0 Å². The number of hydrogen-bond donors (Lipinski definition) is 0. The van der Waals surface area contributed by atoms with Gasteiger partial charge in [-0.1, -0.05) is 18.2 Å². The minimum atomic E-state index is -0.206. The van der Waals surface area contributed by atoms with Crippen LogP contribution in [-0.2, 0) is 18.5 Å². The van der Waals surface area contributed by atoms with Gasteiger partial charge < -0.3 is 4.74 Å². The number of para-hydroxylation sites is 1. The molecule has 0 radical (unpaired) electrons. The molecule has 1 aliphatic rings. The highest BCUT2D eigenvalue weighted by Crippen LogP contribution is 2.38. The smallest absolute Gasteiger partial charge is 0.173 e. The maximum absolute atomic E-state index is 5.69. The van der Waals surface area contributed by atoms with Gasteiger partial charge in [-0.3, -0.25) is 4.90 Å². The molecule has 3 heterocycles. The number of thiophene rings is 1. The summed E-state index contributed by atoms with van der Waals surface area (Å²) in [5.74, 6) is 1.72. The number of methoxy groups -OCH3 is 1. The summed E-state index contributed by atoms with van der Waals surface area (Å²) in [6.07, 6.45) is 1.05. The van der Waals surface area contributed by atoms with Gasteiger partial charge in [0.1, 0.15) is 11.8 Å². The van der Waals surface area contributed by atoms with Crippen molar-refractivity contribution in [3.63, 3.8) is 0 Å². The quantitative estimate of drug-likeness (QED) is 0.688. The van der Waals surface area contributed by atoms with Crippen LogP contribution in [0.2, 0.25) is 0 Å². The SMILES string of the molecule is COc1ccccc1C(c1nnnn1C(C)(C)C)N1CCc2sccc2C1. The summed E-state index contributed by atoms with van der Waals surface area (Å²) in [6, 6.07) is 10.3. The fraction of sp³-hybridized carbons (Fsp3) is 0.450. The zero-order chi connectivity index (χ0) is 19.0. The predicted molar refractivity (Wildman–Crippen MR) is 106 cm³/mol. The van der Waals surface area contributed by atoms with E-state index < -0.39 is 0 Å². The van der Waals surface area contributed by atoms with Gasteiger partial charge in [0.2, 0.25) is 0 Å². The molecule has 1 aromatic carbocycles. The van der Waals surface area contributed by atoms with Gasteiger partial charge in [0, 0.05) is 23.5 Å². The first-order valence-corrected chi connectivity index (χ1v) is 10.1. The molecule has 0 fully saturated rings. The van der Waals surface area contributed by atoms with Crippen LogP contribution in [0.5, 0.6) is 5.75 Å². The van der Waals surface area contributed by atoms with Crippen LogP contribution in [0, 0.1) is 0 Å². The van der Waals surface area contributed by atoms with Gasteiger partial charge in [-0.05, 0) is 60.7 Å². The summed E-state index contributed by atoms with van der Waals surface area (Å²) >= 11 is 1.85. The average molecular weight is 384 g/mol. The monoisotopic (exact) mass is 383 g/mol. The Labute approximate surface area is 163 Å². The van der Waals surface area contributed by atoms with Crippen LogP contribution < -0.4 is 4.74 Å². The second-order valence-corrected chi connectivity index (χ2v) is 8.85. The molecular weight excluding hydrogens is 358 g/mol. The van der Waals surface area contributed by atoms with E-state index in [0.717, 1.165) is 36.6 Å². The maximum atomic E-state index is 5.69. The Morgan fingerprint density at radius 3 is 2.78 bits per heavy atom.